The van der Waals surface area contributed by atoms with Gasteiger partial charge in [0.1, 0.15) is 0 Å². The summed E-state index contributed by atoms with van der Waals surface area (Å²) in [4.78, 5) is 0. The van der Waals surface area contributed by atoms with Gasteiger partial charge in [-0.3, -0.25) is 0 Å². The van der Waals surface area contributed by atoms with Crippen LogP contribution in [0.5, 0.6) is 0 Å². The van der Waals surface area contributed by atoms with Crippen LogP contribution in [0.4, 0.5) is 39.5 Å². The van der Waals surface area contributed by atoms with Gasteiger partial charge in [0.15, 0.2) is 0 Å². The third-order valence-electron chi connectivity index (χ3n) is 4.19. The molecule has 0 bridgehead atoms. The molecule has 0 N–H and O–H groups in total. The van der Waals surface area contributed by atoms with Gasteiger partial charge in [0.05, 0.1) is 0 Å². The summed E-state index contributed by atoms with van der Waals surface area (Å²) in [6.45, 7) is 0. The first-order chi connectivity index (χ1) is 11.8. The molecule has 9 heteroatoms. The van der Waals surface area contributed by atoms with Crippen molar-refractivity contribution in [1.82, 2.24) is 0 Å². The van der Waals surface area contributed by atoms with Crippen LogP contribution in [-0.2, 0) is 12.3 Å². The van der Waals surface area contributed by atoms with Crippen LogP contribution >= 0.6 is 0 Å². The molecule has 2 aromatic carbocycles. The van der Waals surface area contributed by atoms with E-state index in [4.69, 9.17) is 0 Å². The maximum atomic E-state index is 14.0. The molecule has 0 aromatic heterocycles. The minimum atomic E-state index is -6.92. The van der Waals surface area contributed by atoms with Crippen LogP contribution in [0.2, 0.25) is 0 Å². The number of alkyl halides is 9. The number of benzene rings is 2. The van der Waals surface area contributed by atoms with E-state index in [2.05, 4.69) is 0 Å². The predicted octanol–water partition coefficient (Wildman–Crippen LogP) is 5.98. The van der Waals surface area contributed by atoms with Gasteiger partial charge in [0.25, 0.3) is 0 Å². The zero-order valence-corrected chi connectivity index (χ0v) is 12.6. The molecule has 2 aromatic rings. The smallest absolute Gasteiger partial charge is 0.194 e. The highest BCUT2D eigenvalue weighted by molar-refractivity contribution is 5.76. The van der Waals surface area contributed by atoms with Crippen molar-refractivity contribution >= 4 is 0 Å². The largest absolute Gasteiger partial charge is 0.460 e. The lowest BCUT2D eigenvalue weighted by Gasteiger charge is -2.33. The van der Waals surface area contributed by atoms with E-state index in [0.717, 1.165) is 6.07 Å². The first-order valence-electron chi connectivity index (χ1n) is 7.15. The summed E-state index contributed by atoms with van der Waals surface area (Å²) in [5, 5.41) is 0. The Balaban J connectivity index is 2.05. The Kier molecular flexibility index (Phi) is 3.86. The molecule has 0 amide bonds. The fourth-order valence-corrected chi connectivity index (χ4v) is 2.79. The maximum absolute atomic E-state index is 14.0. The molecule has 1 aliphatic rings. The molecular formula is C17H8F9. The standard InChI is InChI=1S/C17H8F9/c18-14(19,15(20,21)16(22,23)17(24,25)26)11-5-6-13-10(8-11)7-9-3-1-2-4-12(9)13/h1-6H,7H2. The van der Waals surface area contributed by atoms with Gasteiger partial charge in [-0.15, -0.1) is 0 Å². The average Bonchev–Trinajstić information content (AvgIpc) is 2.91. The van der Waals surface area contributed by atoms with Gasteiger partial charge in [-0.1, -0.05) is 36.4 Å². The van der Waals surface area contributed by atoms with E-state index in [-0.39, 0.29) is 12.0 Å². The highest BCUT2D eigenvalue weighted by Gasteiger charge is 2.82. The Morgan fingerprint density at radius 2 is 1.31 bits per heavy atom. The van der Waals surface area contributed by atoms with Crippen molar-refractivity contribution in [3.63, 3.8) is 0 Å². The molecule has 0 spiro atoms. The molecule has 0 unspecified atom stereocenters. The lowest BCUT2D eigenvalue weighted by molar-refractivity contribution is -0.399. The molecule has 0 saturated heterocycles. The number of fused-ring (bicyclic) bond motifs is 3. The Labute approximate surface area is 141 Å². The summed E-state index contributed by atoms with van der Waals surface area (Å²) < 4.78 is 118. The minimum Gasteiger partial charge on any atom is -0.194 e. The van der Waals surface area contributed by atoms with E-state index in [1.165, 1.54) is 0 Å². The zero-order chi connectivity index (χ0) is 19.5. The van der Waals surface area contributed by atoms with Crippen LogP contribution < -0.4 is 0 Å². The fourth-order valence-electron chi connectivity index (χ4n) is 2.79. The molecule has 1 aliphatic carbocycles. The van der Waals surface area contributed by atoms with Gasteiger partial charge >= 0.3 is 23.9 Å². The van der Waals surface area contributed by atoms with Gasteiger partial charge < -0.3 is 0 Å². The lowest BCUT2D eigenvalue weighted by Crippen LogP contribution is -2.59. The van der Waals surface area contributed by atoms with Gasteiger partial charge in [0, 0.05) is 5.56 Å². The average molecular weight is 383 g/mol. The third-order valence-corrected chi connectivity index (χ3v) is 4.19. The SMILES string of the molecule is FC(F)(F)C(F)(F)C(F)(F)C(F)(F)c1[c]c2c(cc1)-c1ccccc1C2. The number of hydrogen-bond acceptors (Lipinski definition) is 0. The number of halogens is 9. The quantitative estimate of drug-likeness (QED) is 0.488. The van der Waals surface area contributed by atoms with Crippen LogP contribution in [-0.4, -0.2) is 18.0 Å². The summed E-state index contributed by atoms with van der Waals surface area (Å²) in [5.74, 6) is -19.4. The van der Waals surface area contributed by atoms with Crippen LogP contribution in [0, 0.1) is 6.07 Å². The molecular weight excluding hydrogens is 375 g/mol. The molecule has 139 valence electrons. The normalized spacial score (nSPS) is 15.0. The monoisotopic (exact) mass is 383 g/mol. The number of hydrogen-bond donors (Lipinski definition) is 0. The molecule has 0 atom stereocenters. The predicted molar refractivity (Wildman–Crippen MR) is 73.4 cm³/mol. The van der Waals surface area contributed by atoms with Gasteiger partial charge in [-0.25, -0.2) is 0 Å². The van der Waals surface area contributed by atoms with Crippen LogP contribution in [0.15, 0.2) is 36.4 Å². The van der Waals surface area contributed by atoms with E-state index >= 15 is 0 Å². The van der Waals surface area contributed by atoms with Gasteiger partial charge in [0.2, 0.25) is 0 Å². The highest BCUT2D eigenvalue weighted by atomic mass is 19.4. The lowest BCUT2D eigenvalue weighted by atomic mass is 9.94. The van der Waals surface area contributed by atoms with Crippen molar-refractivity contribution in [2.45, 2.75) is 30.4 Å². The van der Waals surface area contributed by atoms with Crippen molar-refractivity contribution in [2.24, 2.45) is 0 Å². The summed E-state index contributed by atoms with van der Waals surface area (Å²) >= 11 is 0. The third kappa shape index (κ3) is 2.39. The summed E-state index contributed by atoms with van der Waals surface area (Å²) in [5.41, 5.74) is -0.0221. The second kappa shape index (κ2) is 5.40. The summed E-state index contributed by atoms with van der Waals surface area (Å²) in [7, 11) is 0. The topological polar surface area (TPSA) is 0 Å². The van der Waals surface area contributed by atoms with Crippen LogP contribution in [0.3, 0.4) is 0 Å². The van der Waals surface area contributed by atoms with Crippen LogP contribution in [0.1, 0.15) is 16.7 Å². The molecule has 26 heavy (non-hydrogen) atoms. The Hall–Kier alpha value is -2.19. The van der Waals surface area contributed by atoms with Crippen molar-refractivity contribution in [3.05, 3.63) is 59.2 Å². The van der Waals surface area contributed by atoms with Crippen LogP contribution in [0.25, 0.3) is 11.1 Å². The van der Waals surface area contributed by atoms with E-state index in [1.807, 2.05) is 6.07 Å². The molecule has 0 heterocycles. The van der Waals surface area contributed by atoms with E-state index in [1.54, 1.807) is 24.3 Å². The molecule has 0 nitrogen and oxygen atoms in total. The minimum absolute atomic E-state index is 0.0227. The molecule has 0 aliphatic heterocycles. The maximum Gasteiger partial charge on any atom is 0.460 e. The van der Waals surface area contributed by atoms with Crippen molar-refractivity contribution < 1.29 is 39.5 Å². The van der Waals surface area contributed by atoms with Crippen molar-refractivity contribution in [3.8, 4) is 11.1 Å². The molecule has 1 radical (unpaired) electrons. The second-order valence-corrected chi connectivity index (χ2v) is 5.82. The van der Waals surface area contributed by atoms with Crippen molar-refractivity contribution in [1.29, 1.82) is 0 Å². The first kappa shape index (κ1) is 18.6. The van der Waals surface area contributed by atoms with E-state index in [9.17, 15) is 39.5 Å². The highest BCUT2D eigenvalue weighted by Crippen LogP contribution is 2.56. The number of rotatable bonds is 3. The van der Waals surface area contributed by atoms with Crippen molar-refractivity contribution in [2.75, 3.05) is 0 Å². The molecule has 0 saturated carbocycles. The Morgan fingerprint density at radius 1 is 0.692 bits per heavy atom. The van der Waals surface area contributed by atoms with Gasteiger partial charge in [-0.2, -0.15) is 39.5 Å². The summed E-state index contributed by atoms with van der Waals surface area (Å²) in [6.07, 6.45) is -6.82. The summed E-state index contributed by atoms with van der Waals surface area (Å²) in [6, 6.07) is 9.87. The first-order valence-corrected chi connectivity index (χ1v) is 7.15. The zero-order valence-electron chi connectivity index (χ0n) is 12.6. The van der Waals surface area contributed by atoms with Gasteiger partial charge in [-0.05, 0) is 34.7 Å². The Bertz CT molecular complexity index is 850. The van der Waals surface area contributed by atoms with E-state index in [0.29, 0.717) is 22.8 Å². The molecule has 3 rings (SSSR count). The van der Waals surface area contributed by atoms with E-state index < -0.39 is 29.5 Å². The Morgan fingerprint density at radius 3 is 1.92 bits per heavy atom. The second-order valence-electron chi connectivity index (χ2n) is 5.82. The molecule has 0 fully saturated rings. The fraction of sp³-hybridized carbons (Fsp3) is 0.294.